The normalized spacial score (nSPS) is 12.3. The van der Waals surface area contributed by atoms with Gasteiger partial charge in [0.25, 0.3) is 0 Å². The monoisotopic (exact) mass is 472 g/mol. The molecule has 0 aliphatic rings. The number of nitrogens with zero attached hydrogens (tertiary/aromatic N) is 2. The van der Waals surface area contributed by atoms with Crippen molar-refractivity contribution in [1.82, 2.24) is 0 Å². The summed E-state index contributed by atoms with van der Waals surface area (Å²) in [5.74, 6) is 0. The molecule has 0 aliphatic heterocycles. The molecule has 4 heteroatoms. The van der Waals surface area contributed by atoms with Gasteiger partial charge in [0.05, 0.1) is 12.1 Å². The van der Waals surface area contributed by atoms with E-state index in [4.69, 9.17) is 0 Å². The van der Waals surface area contributed by atoms with Gasteiger partial charge >= 0.3 is 0 Å². The van der Waals surface area contributed by atoms with Crippen LogP contribution in [-0.2, 0) is 0 Å². The van der Waals surface area contributed by atoms with Crippen molar-refractivity contribution >= 4 is 33.3 Å². The second-order valence-corrected chi connectivity index (χ2v) is 9.62. The van der Waals surface area contributed by atoms with Crippen LogP contribution >= 0.6 is 22.0 Å². The lowest BCUT2D eigenvalue weighted by Crippen LogP contribution is -2.22. The van der Waals surface area contributed by atoms with Crippen molar-refractivity contribution in [3.63, 3.8) is 0 Å². The average Bonchev–Trinajstić information content (AvgIpc) is 2.88. The molecule has 4 aromatic rings. The highest BCUT2D eigenvalue weighted by Gasteiger charge is 2.23. The molecule has 0 spiro atoms. The van der Waals surface area contributed by atoms with Gasteiger partial charge in [0.15, 0.2) is 0 Å². The Kier molecular flexibility index (Phi) is 9.35. The second kappa shape index (κ2) is 12.4. The minimum Gasteiger partial charge on any atom is -0.299 e. The molecule has 4 rings (SSSR count). The Morgan fingerprint density at radius 3 is 1.03 bits per heavy atom. The molecule has 0 amide bonds. The standard InChI is InChI=1S/C28H28N2S2.CH4/c1-23(25-15-7-3-8-16-25)29(27-19-11-5-12-20-27)31-32-30(28-21-13-6-14-22-28)24(2)26-17-9-4-10-18-26;/h3-24H,1-2H3;1H4/t23-,24-;/m1./s1. The summed E-state index contributed by atoms with van der Waals surface area (Å²) in [7, 11) is 3.56. The van der Waals surface area contributed by atoms with Crippen LogP contribution in [0.1, 0.15) is 44.5 Å². The summed E-state index contributed by atoms with van der Waals surface area (Å²) in [5.41, 5.74) is 4.99. The average molecular weight is 473 g/mol. The Morgan fingerprint density at radius 2 is 0.727 bits per heavy atom. The van der Waals surface area contributed by atoms with Crippen LogP contribution in [0.5, 0.6) is 0 Å². The summed E-state index contributed by atoms with van der Waals surface area (Å²) >= 11 is 0. The molecular weight excluding hydrogens is 440 g/mol. The van der Waals surface area contributed by atoms with E-state index < -0.39 is 0 Å². The van der Waals surface area contributed by atoms with Crippen LogP contribution in [-0.4, -0.2) is 0 Å². The van der Waals surface area contributed by atoms with E-state index in [2.05, 4.69) is 144 Å². The molecule has 0 aliphatic carbocycles. The number of hydrogen-bond donors (Lipinski definition) is 0. The highest BCUT2D eigenvalue weighted by atomic mass is 33.1. The van der Waals surface area contributed by atoms with Crippen LogP contribution in [0.15, 0.2) is 121 Å². The minimum atomic E-state index is 0. The molecule has 0 aromatic heterocycles. The van der Waals surface area contributed by atoms with E-state index >= 15 is 0 Å². The Hall–Kier alpha value is -2.82. The molecule has 33 heavy (non-hydrogen) atoms. The Balaban J connectivity index is 0.00000306. The molecule has 170 valence electrons. The Labute approximate surface area is 207 Å². The summed E-state index contributed by atoms with van der Waals surface area (Å²) in [6, 6.07) is 43.1. The first-order chi connectivity index (χ1) is 15.7. The molecule has 0 fully saturated rings. The van der Waals surface area contributed by atoms with Crippen molar-refractivity contribution in [2.75, 3.05) is 8.61 Å². The van der Waals surface area contributed by atoms with Crippen molar-refractivity contribution in [3.8, 4) is 0 Å². The van der Waals surface area contributed by atoms with Gasteiger partial charge in [-0.15, -0.1) is 0 Å². The third-order valence-electron chi connectivity index (χ3n) is 5.48. The zero-order chi connectivity index (χ0) is 22.2. The van der Waals surface area contributed by atoms with Gasteiger partial charge in [-0.25, -0.2) is 0 Å². The second-order valence-electron chi connectivity index (χ2n) is 7.65. The predicted octanol–water partition coefficient (Wildman–Crippen LogP) is 9.37. The Bertz CT molecular complexity index is 971. The first-order valence-electron chi connectivity index (χ1n) is 10.9. The number of benzene rings is 4. The van der Waals surface area contributed by atoms with Crippen molar-refractivity contribution < 1.29 is 0 Å². The predicted molar refractivity (Wildman–Crippen MR) is 149 cm³/mol. The van der Waals surface area contributed by atoms with E-state index in [-0.39, 0.29) is 19.5 Å². The molecule has 0 heterocycles. The van der Waals surface area contributed by atoms with Gasteiger partial charge in [0, 0.05) is 33.3 Å². The van der Waals surface area contributed by atoms with E-state index in [0.717, 1.165) is 0 Å². The highest BCUT2D eigenvalue weighted by molar-refractivity contribution is 8.77. The van der Waals surface area contributed by atoms with E-state index in [1.54, 1.807) is 22.0 Å². The first-order valence-corrected chi connectivity index (χ1v) is 12.9. The summed E-state index contributed by atoms with van der Waals surface area (Å²) in [4.78, 5) is 0. The fourth-order valence-electron chi connectivity index (χ4n) is 3.62. The van der Waals surface area contributed by atoms with Gasteiger partial charge in [-0.1, -0.05) is 104 Å². The maximum absolute atomic E-state index is 2.40. The topological polar surface area (TPSA) is 6.48 Å². The van der Waals surface area contributed by atoms with Crippen molar-refractivity contribution in [1.29, 1.82) is 0 Å². The third kappa shape index (κ3) is 6.37. The minimum absolute atomic E-state index is 0. The smallest absolute Gasteiger partial charge is 0.0636 e. The Morgan fingerprint density at radius 1 is 0.455 bits per heavy atom. The van der Waals surface area contributed by atoms with Crippen LogP contribution in [0.4, 0.5) is 11.4 Å². The highest BCUT2D eigenvalue weighted by Crippen LogP contribution is 2.45. The molecular formula is C29H32N2S2. The fraction of sp³-hybridized carbons (Fsp3) is 0.172. The van der Waals surface area contributed by atoms with Crippen LogP contribution < -0.4 is 8.61 Å². The van der Waals surface area contributed by atoms with Gasteiger partial charge in [-0.2, -0.15) is 0 Å². The van der Waals surface area contributed by atoms with Crippen LogP contribution in [0.3, 0.4) is 0 Å². The maximum Gasteiger partial charge on any atom is 0.0636 e. The van der Waals surface area contributed by atoms with Crippen LogP contribution in [0.2, 0.25) is 0 Å². The van der Waals surface area contributed by atoms with E-state index in [0.29, 0.717) is 0 Å². The molecule has 2 nitrogen and oxygen atoms in total. The molecule has 2 atom stereocenters. The summed E-state index contributed by atoms with van der Waals surface area (Å²) in [6.45, 7) is 4.53. The van der Waals surface area contributed by atoms with E-state index in [1.165, 1.54) is 22.5 Å². The number of para-hydroxylation sites is 2. The zero-order valence-electron chi connectivity index (χ0n) is 18.4. The number of anilines is 2. The van der Waals surface area contributed by atoms with Gasteiger partial charge in [0.2, 0.25) is 0 Å². The van der Waals surface area contributed by atoms with Crippen LogP contribution in [0, 0.1) is 0 Å². The molecule has 0 radical (unpaired) electrons. The first kappa shape index (κ1) is 24.8. The third-order valence-corrected chi connectivity index (χ3v) is 8.09. The molecule has 0 bridgehead atoms. The molecule has 4 aromatic carbocycles. The molecule has 0 saturated heterocycles. The number of hydrogen-bond acceptors (Lipinski definition) is 4. The molecule has 0 unspecified atom stereocenters. The van der Waals surface area contributed by atoms with Crippen molar-refractivity contribution in [2.45, 2.75) is 33.4 Å². The summed E-state index contributed by atoms with van der Waals surface area (Å²) < 4.78 is 4.79. The van der Waals surface area contributed by atoms with Crippen molar-refractivity contribution in [3.05, 3.63) is 132 Å². The fourth-order valence-corrected chi connectivity index (χ4v) is 6.40. The van der Waals surface area contributed by atoms with E-state index in [9.17, 15) is 0 Å². The van der Waals surface area contributed by atoms with Crippen LogP contribution in [0.25, 0.3) is 0 Å². The summed E-state index contributed by atoms with van der Waals surface area (Å²) in [6.07, 6.45) is 0. The maximum atomic E-state index is 2.40. The molecule has 0 saturated carbocycles. The summed E-state index contributed by atoms with van der Waals surface area (Å²) in [5, 5.41) is 0. The SMILES string of the molecule is C.C[C@H](c1ccccc1)N(SSN(c1ccccc1)[C@H](C)c1ccccc1)c1ccccc1. The van der Waals surface area contributed by atoms with Gasteiger partial charge < -0.3 is 0 Å². The van der Waals surface area contributed by atoms with Gasteiger partial charge in [0.1, 0.15) is 0 Å². The van der Waals surface area contributed by atoms with Gasteiger partial charge in [-0.05, 0) is 49.2 Å². The zero-order valence-corrected chi connectivity index (χ0v) is 20.0. The quantitative estimate of drug-likeness (QED) is 0.177. The lowest BCUT2D eigenvalue weighted by Gasteiger charge is -2.34. The molecule has 0 N–H and O–H groups in total. The van der Waals surface area contributed by atoms with E-state index in [1.807, 2.05) is 0 Å². The van der Waals surface area contributed by atoms with Crippen molar-refractivity contribution in [2.24, 2.45) is 0 Å². The lowest BCUT2D eigenvalue weighted by atomic mass is 10.1. The lowest BCUT2D eigenvalue weighted by molar-refractivity contribution is 0.819. The number of rotatable bonds is 9. The largest absolute Gasteiger partial charge is 0.299 e. The van der Waals surface area contributed by atoms with Gasteiger partial charge in [-0.3, -0.25) is 8.61 Å².